The average Bonchev–Trinajstić information content (AvgIpc) is 2.12. The van der Waals surface area contributed by atoms with Crippen molar-refractivity contribution >= 4 is 27.5 Å². The second-order valence-electron chi connectivity index (χ2n) is 3.76. The first-order chi connectivity index (χ1) is 7.21. The lowest BCUT2D eigenvalue weighted by Gasteiger charge is -2.17. The molecule has 0 saturated heterocycles. The molecule has 0 aromatic heterocycles. The van der Waals surface area contributed by atoms with Gasteiger partial charge in [-0.05, 0) is 35.8 Å². The SMILES string of the molecule is CC(C)(O)C(=O)Nc1cc(F)c(Br)cc1F. The molecular weight excluding hydrogens is 284 g/mol. The maximum Gasteiger partial charge on any atom is 0.255 e. The molecule has 16 heavy (non-hydrogen) atoms. The van der Waals surface area contributed by atoms with Crippen LogP contribution < -0.4 is 5.32 Å². The van der Waals surface area contributed by atoms with Gasteiger partial charge >= 0.3 is 0 Å². The number of carbonyl (C=O) groups excluding carboxylic acids is 1. The number of nitrogens with one attached hydrogen (secondary N) is 1. The topological polar surface area (TPSA) is 49.3 Å². The summed E-state index contributed by atoms with van der Waals surface area (Å²) in [5, 5.41) is 11.4. The summed E-state index contributed by atoms with van der Waals surface area (Å²) in [6.45, 7) is 2.49. The van der Waals surface area contributed by atoms with Crippen molar-refractivity contribution < 1.29 is 18.7 Å². The molecule has 0 heterocycles. The molecule has 0 bridgehead atoms. The van der Waals surface area contributed by atoms with E-state index in [-0.39, 0.29) is 10.2 Å². The highest BCUT2D eigenvalue weighted by Crippen LogP contribution is 2.23. The lowest BCUT2D eigenvalue weighted by Crippen LogP contribution is -2.36. The number of carbonyl (C=O) groups is 1. The van der Waals surface area contributed by atoms with Gasteiger partial charge in [0.1, 0.15) is 17.2 Å². The van der Waals surface area contributed by atoms with E-state index in [1.807, 2.05) is 0 Å². The molecule has 0 aliphatic rings. The number of hydrogen-bond donors (Lipinski definition) is 2. The summed E-state index contributed by atoms with van der Waals surface area (Å²) in [7, 11) is 0. The number of aliphatic hydroxyl groups is 1. The van der Waals surface area contributed by atoms with Crippen LogP contribution in [0.1, 0.15) is 13.8 Å². The quantitative estimate of drug-likeness (QED) is 0.823. The molecule has 0 unspecified atom stereocenters. The van der Waals surface area contributed by atoms with Crippen molar-refractivity contribution in [3.63, 3.8) is 0 Å². The highest BCUT2D eigenvalue weighted by Gasteiger charge is 2.24. The molecule has 0 saturated carbocycles. The minimum absolute atomic E-state index is 0.0359. The molecule has 2 N–H and O–H groups in total. The number of amides is 1. The summed E-state index contributed by atoms with van der Waals surface area (Å²) in [4.78, 5) is 11.3. The zero-order valence-corrected chi connectivity index (χ0v) is 10.2. The Morgan fingerprint density at radius 2 is 1.94 bits per heavy atom. The number of hydrogen-bond acceptors (Lipinski definition) is 2. The van der Waals surface area contributed by atoms with Crippen LogP contribution in [0, 0.1) is 11.6 Å². The predicted molar refractivity (Wildman–Crippen MR) is 59.0 cm³/mol. The van der Waals surface area contributed by atoms with Gasteiger partial charge in [-0.15, -0.1) is 0 Å². The number of anilines is 1. The number of rotatable bonds is 2. The lowest BCUT2D eigenvalue weighted by molar-refractivity contribution is -0.130. The maximum absolute atomic E-state index is 13.3. The molecule has 0 spiro atoms. The maximum atomic E-state index is 13.3. The minimum Gasteiger partial charge on any atom is -0.381 e. The van der Waals surface area contributed by atoms with Gasteiger partial charge in [-0.25, -0.2) is 8.78 Å². The predicted octanol–water partition coefficient (Wildman–Crippen LogP) is 2.44. The van der Waals surface area contributed by atoms with E-state index >= 15 is 0 Å². The molecule has 0 atom stereocenters. The second-order valence-corrected chi connectivity index (χ2v) is 4.61. The van der Waals surface area contributed by atoms with Crippen LogP contribution in [0.2, 0.25) is 0 Å². The lowest BCUT2D eigenvalue weighted by atomic mass is 10.1. The van der Waals surface area contributed by atoms with Gasteiger partial charge in [-0.2, -0.15) is 0 Å². The Morgan fingerprint density at radius 1 is 1.38 bits per heavy atom. The third-order valence-electron chi connectivity index (χ3n) is 1.81. The van der Waals surface area contributed by atoms with Crippen LogP contribution in [0.3, 0.4) is 0 Å². The van der Waals surface area contributed by atoms with Crippen molar-refractivity contribution in [1.29, 1.82) is 0 Å². The Hall–Kier alpha value is -1.01. The van der Waals surface area contributed by atoms with Gasteiger partial charge in [-0.3, -0.25) is 4.79 Å². The summed E-state index contributed by atoms with van der Waals surface area (Å²) in [5.41, 5.74) is -1.97. The number of halogens is 3. The van der Waals surface area contributed by atoms with Crippen LogP contribution >= 0.6 is 15.9 Å². The second kappa shape index (κ2) is 4.47. The molecule has 6 heteroatoms. The van der Waals surface area contributed by atoms with Crippen molar-refractivity contribution in [3.8, 4) is 0 Å². The molecular formula is C10H10BrF2NO2. The molecule has 1 aromatic rings. The van der Waals surface area contributed by atoms with Gasteiger partial charge in [0.15, 0.2) is 0 Å². The van der Waals surface area contributed by atoms with Crippen LogP contribution in [0.4, 0.5) is 14.5 Å². The molecule has 0 fully saturated rings. The zero-order valence-electron chi connectivity index (χ0n) is 8.64. The first-order valence-corrected chi connectivity index (χ1v) is 5.19. The van der Waals surface area contributed by atoms with Gasteiger partial charge in [0.25, 0.3) is 5.91 Å². The van der Waals surface area contributed by atoms with E-state index in [9.17, 15) is 18.7 Å². The van der Waals surface area contributed by atoms with Crippen LogP contribution in [0.25, 0.3) is 0 Å². The Morgan fingerprint density at radius 3 is 2.44 bits per heavy atom. The van der Waals surface area contributed by atoms with Crippen molar-refractivity contribution in [1.82, 2.24) is 0 Å². The fourth-order valence-corrected chi connectivity index (χ4v) is 1.21. The summed E-state index contributed by atoms with van der Waals surface area (Å²) in [6, 6.07) is 1.73. The smallest absolute Gasteiger partial charge is 0.255 e. The van der Waals surface area contributed by atoms with Gasteiger partial charge in [0, 0.05) is 6.07 Å². The van der Waals surface area contributed by atoms with E-state index in [4.69, 9.17) is 0 Å². The Labute approximate surface area is 99.6 Å². The van der Waals surface area contributed by atoms with Crippen molar-refractivity contribution in [3.05, 3.63) is 28.2 Å². The largest absolute Gasteiger partial charge is 0.381 e. The Bertz CT molecular complexity index is 430. The first kappa shape index (κ1) is 13.1. The summed E-state index contributed by atoms with van der Waals surface area (Å²) < 4.78 is 26.3. The van der Waals surface area contributed by atoms with Crippen molar-refractivity contribution in [2.45, 2.75) is 19.4 Å². The molecule has 0 aliphatic carbocycles. The standard InChI is InChI=1S/C10H10BrF2NO2/c1-10(2,16)9(15)14-8-4-6(12)5(11)3-7(8)13/h3-4,16H,1-2H3,(H,14,15). The molecule has 1 aromatic carbocycles. The Kier molecular flexibility index (Phi) is 3.64. The third kappa shape index (κ3) is 2.99. The van der Waals surface area contributed by atoms with E-state index in [1.54, 1.807) is 0 Å². The zero-order chi connectivity index (χ0) is 12.5. The highest BCUT2D eigenvalue weighted by atomic mass is 79.9. The fraction of sp³-hybridized carbons (Fsp3) is 0.300. The molecule has 0 radical (unpaired) electrons. The molecule has 1 amide bonds. The van der Waals surface area contributed by atoms with Crippen molar-refractivity contribution in [2.24, 2.45) is 0 Å². The van der Waals surface area contributed by atoms with E-state index in [2.05, 4.69) is 21.2 Å². The average molecular weight is 294 g/mol. The molecule has 88 valence electrons. The van der Waals surface area contributed by atoms with Gasteiger partial charge < -0.3 is 10.4 Å². The van der Waals surface area contributed by atoms with Crippen LogP contribution in [0.5, 0.6) is 0 Å². The van der Waals surface area contributed by atoms with Gasteiger partial charge in [0.2, 0.25) is 0 Å². The van der Waals surface area contributed by atoms with Crippen molar-refractivity contribution in [2.75, 3.05) is 5.32 Å². The normalized spacial score (nSPS) is 11.4. The fourth-order valence-electron chi connectivity index (χ4n) is 0.894. The summed E-state index contributed by atoms with van der Waals surface area (Å²) in [6.07, 6.45) is 0. The monoisotopic (exact) mass is 293 g/mol. The van der Waals surface area contributed by atoms with Crippen LogP contribution in [-0.2, 0) is 4.79 Å². The third-order valence-corrected chi connectivity index (χ3v) is 2.42. The minimum atomic E-state index is -1.66. The van der Waals surface area contributed by atoms with Crippen LogP contribution in [0.15, 0.2) is 16.6 Å². The summed E-state index contributed by atoms with van der Waals surface area (Å²) in [5.74, 6) is -2.30. The van der Waals surface area contributed by atoms with Crippen LogP contribution in [-0.4, -0.2) is 16.6 Å². The van der Waals surface area contributed by atoms with E-state index < -0.39 is 23.1 Å². The van der Waals surface area contributed by atoms with E-state index in [1.165, 1.54) is 13.8 Å². The molecule has 0 aliphatic heterocycles. The highest BCUT2D eigenvalue weighted by molar-refractivity contribution is 9.10. The van der Waals surface area contributed by atoms with Gasteiger partial charge in [0.05, 0.1) is 10.2 Å². The number of benzene rings is 1. The molecule has 1 rings (SSSR count). The first-order valence-electron chi connectivity index (χ1n) is 4.40. The van der Waals surface area contributed by atoms with E-state index in [0.717, 1.165) is 12.1 Å². The molecule has 3 nitrogen and oxygen atoms in total. The van der Waals surface area contributed by atoms with E-state index in [0.29, 0.717) is 0 Å². The summed E-state index contributed by atoms with van der Waals surface area (Å²) >= 11 is 2.81. The Balaban J connectivity index is 2.99. The van der Waals surface area contributed by atoms with Gasteiger partial charge in [-0.1, -0.05) is 0 Å².